The molecule has 0 saturated carbocycles. The molecule has 0 unspecified atom stereocenters. The first kappa shape index (κ1) is 9.60. The van der Waals surface area contributed by atoms with E-state index in [1.807, 2.05) is 18.4 Å². The molecule has 0 bridgehead atoms. The molecule has 80 valence electrons. The van der Waals surface area contributed by atoms with Crippen LogP contribution in [-0.4, -0.2) is 4.57 Å². The van der Waals surface area contributed by atoms with Crippen molar-refractivity contribution in [3.8, 4) is 5.69 Å². The second kappa shape index (κ2) is 3.46. The molecule has 3 rings (SSSR count). The van der Waals surface area contributed by atoms with E-state index < -0.39 is 0 Å². The largest absolute Gasteiger partial charge is 0.248 e. The minimum atomic E-state index is 1.31. The van der Waals surface area contributed by atoms with Gasteiger partial charge in [-0.1, -0.05) is 12.1 Å². The van der Waals surface area contributed by atoms with Gasteiger partial charge < -0.3 is 0 Å². The molecule has 0 atom stereocenters. The van der Waals surface area contributed by atoms with Crippen molar-refractivity contribution in [2.45, 2.75) is 6.92 Å². The Morgan fingerprint density at radius 3 is 2.81 bits per heavy atom. The van der Waals surface area contributed by atoms with Crippen LogP contribution >= 0.6 is 11.3 Å². The Morgan fingerprint density at radius 2 is 2.06 bits per heavy atom. The molecule has 0 aliphatic heterocycles. The molecule has 0 aliphatic rings. The lowest BCUT2D eigenvalue weighted by atomic mass is 10.2. The summed E-state index contributed by atoms with van der Waals surface area (Å²) in [5.74, 6) is 0. The molecule has 0 amide bonds. The van der Waals surface area contributed by atoms with Gasteiger partial charge in [-0.3, -0.25) is 0 Å². The van der Waals surface area contributed by atoms with Crippen molar-refractivity contribution < 1.29 is 4.57 Å². The van der Waals surface area contributed by atoms with Gasteiger partial charge >= 0.3 is 0 Å². The summed E-state index contributed by atoms with van der Waals surface area (Å²) < 4.78 is 5.60. The van der Waals surface area contributed by atoms with Crippen molar-refractivity contribution >= 4 is 21.4 Å². The van der Waals surface area contributed by atoms with E-state index in [1.165, 1.54) is 20.7 Å². The van der Waals surface area contributed by atoms with Crippen molar-refractivity contribution in [1.82, 2.24) is 4.57 Å². The van der Waals surface area contributed by atoms with E-state index in [1.54, 1.807) is 0 Å². The van der Waals surface area contributed by atoms with Gasteiger partial charge in [0.05, 0.1) is 7.05 Å². The summed E-state index contributed by atoms with van der Waals surface area (Å²) in [6.07, 6.45) is 6.26. The molecule has 3 aromatic rings. The number of nitrogens with zero attached hydrogens (tertiary/aromatic N) is 2. The molecule has 0 N–H and O–H groups in total. The Bertz CT molecular complexity index is 649. The molecule has 0 saturated heterocycles. The van der Waals surface area contributed by atoms with Gasteiger partial charge in [0.25, 0.3) is 0 Å². The van der Waals surface area contributed by atoms with Crippen LogP contribution in [0.5, 0.6) is 0 Å². The molecule has 2 aromatic heterocycles. The Morgan fingerprint density at radius 1 is 1.25 bits per heavy atom. The molecule has 2 heterocycles. The lowest BCUT2D eigenvalue weighted by molar-refractivity contribution is -0.670. The van der Waals surface area contributed by atoms with Gasteiger partial charge in [-0.2, -0.15) is 0 Å². The van der Waals surface area contributed by atoms with Crippen LogP contribution in [0.4, 0.5) is 0 Å². The molecule has 0 radical (unpaired) electrons. The maximum absolute atomic E-state index is 2.19. The van der Waals surface area contributed by atoms with Gasteiger partial charge in [-0.15, -0.1) is 11.3 Å². The summed E-state index contributed by atoms with van der Waals surface area (Å²) in [6.45, 7) is 2.18. The summed E-state index contributed by atoms with van der Waals surface area (Å²) >= 11 is 1.85. The Hall–Kier alpha value is -1.61. The molecule has 16 heavy (non-hydrogen) atoms. The Kier molecular flexibility index (Phi) is 2.07. The highest BCUT2D eigenvalue weighted by Gasteiger charge is 2.14. The second-order valence-corrected chi connectivity index (χ2v) is 5.25. The van der Waals surface area contributed by atoms with E-state index in [-0.39, 0.29) is 0 Å². The first-order chi connectivity index (χ1) is 7.75. The maximum atomic E-state index is 2.19. The molecule has 1 aromatic carbocycles. The number of benzene rings is 1. The van der Waals surface area contributed by atoms with Gasteiger partial charge in [0, 0.05) is 15.0 Å². The minimum Gasteiger partial charge on any atom is -0.239 e. The van der Waals surface area contributed by atoms with Gasteiger partial charge in [0.1, 0.15) is 12.4 Å². The van der Waals surface area contributed by atoms with Crippen LogP contribution in [0.1, 0.15) is 4.88 Å². The van der Waals surface area contributed by atoms with E-state index in [0.717, 1.165) is 0 Å². The highest BCUT2D eigenvalue weighted by molar-refractivity contribution is 7.19. The first-order valence-corrected chi connectivity index (χ1v) is 6.09. The lowest BCUT2D eigenvalue weighted by Gasteiger charge is -1.94. The average Bonchev–Trinajstić information content (AvgIpc) is 2.80. The summed E-state index contributed by atoms with van der Waals surface area (Å²) in [4.78, 5) is 1.36. The van der Waals surface area contributed by atoms with Gasteiger partial charge in [0.15, 0.2) is 5.69 Å². The third kappa shape index (κ3) is 1.36. The van der Waals surface area contributed by atoms with Crippen molar-refractivity contribution in [2.24, 2.45) is 7.05 Å². The van der Waals surface area contributed by atoms with E-state index >= 15 is 0 Å². The van der Waals surface area contributed by atoms with Crippen LogP contribution in [0.2, 0.25) is 0 Å². The van der Waals surface area contributed by atoms with Crippen LogP contribution in [0.25, 0.3) is 15.8 Å². The average molecular weight is 229 g/mol. The monoisotopic (exact) mass is 229 g/mol. The lowest BCUT2D eigenvalue weighted by Crippen LogP contribution is -2.23. The SMILES string of the molecule is Cc1sc2ccccc2c1-n1cc[n+](C)c1. The van der Waals surface area contributed by atoms with Crippen LogP contribution < -0.4 is 4.57 Å². The minimum absolute atomic E-state index is 1.31. The second-order valence-electron chi connectivity index (χ2n) is 3.99. The number of aryl methyl sites for hydroxylation is 2. The molecular formula is C13H13N2S+. The number of aromatic nitrogens is 2. The van der Waals surface area contributed by atoms with Gasteiger partial charge in [0.2, 0.25) is 6.33 Å². The number of imidazole rings is 1. The number of fused-ring (bicyclic) bond motifs is 1. The van der Waals surface area contributed by atoms with Gasteiger partial charge in [-0.25, -0.2) is 9.13 Å². The van der Waals surface area contributed by atoms with Crippen molar-refractivity contribution in [3.63, 3.8) is 0 Å². The number of hydrogen-bond acceptors (Lipinski definition) is 1. The summed E-state index contributed by atoms with van der Waals surface area (Å²) in [7, 11) is 2.04. The topological polar surface area (TPSA) is 8.81 Å². The number of thiophene rings is 1. The van der Waals surface area contributed by atoms with Crippen molar-refractivity contribution in [2.75, 3.05) is 0 Å². The first-order valence-electron chi connectivity index (χ1n) is 5.27. The van der Waals surface area contributed by atoms with E-state index in [9.17, 15) is 0 Å². The quantitative estimate of drug-likeness (QED) is 0.567. The van der Waals surface area contributed by atoms with E-state index in [4.69, 9.17) is 0 Å². The Labute approximate surface area is 98.4 Å². The molecule has 0 spiro atoms. The molecule has 3 heteroatoms. The Balaban J connectivity index is 2.34. The molecule has 0 fully saturated rings. The van der Waals surface area contributed by atoms with Crippen LogP contribution in [0, 0.1) is 6.92 Å². The fraction of sp³-hybridized carbons (Fsp3) is 0.154. The third-order valence-corrected chi connectivity index (χ3v) is 3.84. The summed E-state index contributed by atoms with van der Waals surface area (Å²) in [6, 6.07) is 8.56. The van der Waals surface area contributed by atoms with Crippen molar-refractivity contribution in [3.05, 3.63) is 47.9 Å². The van der Waals surface area contributed by atoms with E-state index in [0.29, 0.717) is 0 Å². The fourth-order valence-electron chi connectivity index (χ4n) is 2.06. The highest BCUT2D eigenvalue weighted by atomic mass is 32.1. The molecular weight excluding hydrogens is 216 g/mol. The maximum Gasteiger partial charge on any atom is 0.248 e. The van der Waals surface area contributed by atoms with Crippen LogP contribution in [-0.2, 0) is 7.05 Å². The zero-order valence-electron chi connectivity index (χ0n) is 9.34. The summed E-state index contributed by atoms with van der Waals surface area (Å²) in [5.41, 5.74) is 1.31. The summed E-state index contributed by atoms with van der Waals surface area (Å²) in [5, 5.41) is 1.33. The predicted molar refractivity (Wildman–Crippen MR) is 67.1 cm³/mol. The molecule has 0 aliphatic carbocycles. The molecule has 2 nitrogen and oxygen atoms in total. The normalized spacial score (nSPS) is 11.1. The third-order valence-electron chi connectivity index (χ3n) is 2.77. The van der Waals surface area contributed by atoms with Crippen LogP contribution in [0.15, 0.2) is 43.0 Å². The fourth-order valence-corrected chi connectivity index (χ4v) is 3.12. The van der Waals surface area contributed by atoms with Crippen LogP contribution in [0.3, 0.4) is 0 Å². The number of rotatable bonds is 1. The predicted octanol–water partition coefficient (Wildman–Crippen LogP) is 2.82. The smallest absolute Gasteiger partial charge is 0.239 e. The highest BCUT2D eigenvalue weighted by Crippen LogP contribution is 2.32. The van der Waals surface area contributed by atoms with Gasteiger partial charge in [-0.05, 0) is 19.1 Å². The standard InChI is InChI=1S/C13H13N2S/c1-10-13(15-8-7-14(2)9-15)11-5-3-4-6-12(11)16-10/h3-9H,1-2H3/q+1. The zero-order valence-corrected chi connectivity index (χ0v) is 10.2. The van der Waals surface area contributed by atoms with Crippen molar-refractivity contribution in [1.29, 1.82) is 0 Å². The number of hydrogen-bond donors (Lipinski definition) is 0. The zero-order chi connectivity index (χ0) is 11.1. The van der Waals surface area contributed by atoms with E-state index in [2.05, 4.69) is 59.0 Å².